The monoisotopic (exact) mass is 247 g/mol. The van der Waals surface area contributed by atoms with Gasteiger partial charge in [-0.1, -0.05) is 41.6 Å². The Hall–Kier alpha value is -1.29. The average molecular weight is 247 g/mol. The summed E-state index contributed by atoms with van der Waals surface area (Å²) in [4.78, 5) is 0. The molecule has 4 heteroatoms. The normalized spacial score (nSPS) is 10.8. The van der Waals surface area contributed by atoms with Crippen LogP contribution in [0, 0.1) is 13.8 Å². The van der Waals surface area contributed by atoms with Gasteiger partial charge in [-0.05, 0) is 26.3 Å². The zero-order valence-corrected chi connectivity index (χ0v) is 11.3. The number of aromatic nitrogens is 3. The maximum Gasteiger partial charge on any atom is 0.191 e. The minimum absolute atomic E-state index is 0.926. The van der Waals surface area contributed by atoms with Crippen LogP contribution in [0.5, 0.6) is 0 Å². The largest absolute Gasteiger partial charge is 0.307 e. The highest BCUT2D eigenvalue weighted by Crippen LogP contribution is 2.21. The van der Waals surface area contributed by atoms with Crippen molar-refractivity contribution >= 4 is 11.8 Å². The van der Waals surface area contributed by atoms with E-state index >= 15 is 0 Å². The highest BCUT2D eigenvalue weighted by molar-refractivity contribution is 7.98. The standard InChI is InChI=1S/C13H17N3S/c1-4-16-11(3)14-15-13(16)17-9-12-7-5-10(2)6-8-12/h5-8H,4,9H2,1-3H3. The van der Waals surface area contributed by atoms with Crippen molar-refractivity contribution in [2.24, 2.45) is 0 Å². The van der Waals surface area contributed by atoms with E-state index in [1.54, 1.807) is 11.8 Å². The number of hydrogen-bond acceptors (Lipinski definition) is 3. The number of benzene rings is 1. The first-order valence-electron chi connectivity index (χ1n) is 5.79. The summed E-state index contributed by atoms with van der Waals surface area (Å²) < 4.78 is 2.14. The molecule has 0 atom stereocenters. The Morgan fingerprint density at radius 2 is 1.82 bits per heavy atom. The molecule has 1 heterocycles. The van der Waals surface area contributed by atoms with E-state index in [1.807, 2.05) is 6.92 Å². The maximum absolute atomic E-state index is 4.20. The molecular formula is C13H17N3S. The lowest BCUT2D eigenvalue weighted by atomic mass is 10.2. The minimum Gasteiger partial charge on any atom is -0.307 e. The van der Waals surface area contributed by atoms with Gasteiger partial charge in [0.15, 0.2) is 5.16 Å². The number of nitrogens with zero attached hydrogens (tertiary/aromatic N) is 3. The molecule has 0 spiro atoms. The molecule has 0 radical (unpaired) electrons. The molecule has 0 aliphatic carbocycles. The molecule has 2 aromatic rings. The summed E-state index contributed by atoms with van der Waals surface area (Å²) in [5, 5.41) is 9.31. The number of aryl methyl sites for hydroxylation is 2. The molecule has 0 N–H and O–H groups in total. The van der Waals surface area contributed by atoms with Crippen LogP contribution in [-0.4, -0.2) is 14.8 Å². The zero-order chi connectivity index (χ0) is 12.3. The molecule has 1 aromatic heterocycles. The fourth-order valence-corrected chi connectivity index (χ4v) is 2.67. The third-order valence-corrected chi connectivity index (χ3v) is 3.74. The van der Waals surface area contributed by atoms with Crippen molar-refractivity contribution in [2.75, 3.05) is 0 Å². The molecule has 0 aliphatic heterocycles. The van der Waals surface area contributed by atoms with E-state index < -0.39 is 0 Å². The van der Waals surface area contributed by atoms with E-state index in [1.165, 1.54) is 11.1 Å². The van der Waals surface area contributed by atoms with Gasteiger partial charge in [-0.25, -0.2) is 0 Å². The summed E-state index contributed by atoms with van der Waals surface area (Å²) in [6.45, 7) is 7.14. The van der Waals surface area contributed by atoms with Crippen molar-refractivity contribution in [3.8, 4) is 0 Å². The highest BCUT2D eigenvalue weighted by atomic mass is 32.2. The van der Waals surface area contributed by atoms with Gasteiger partial charge in [0.1, 0.15) is 5.82 Å². The Morgan fingerprint density at radius 3 is 2.47 bits per heavy atom. The molecular weight excluding hydrogens is 230 g/mol. The third-order valence-electron chi connectivity index (χ3n) is 2.71. The van der Waals surface area contributed by atoms with Crippen LogP contribution in [0.4, 0.5) is 0 Å². The van der Waals surface area contributed by atoms with Gasteiger partial charge in [0.25, 0.3) is 0 Å². The molecule has 0 aliphatic rings. The highest BCUT2D eigenvalue weighted by Gasteiger charge is 2.07. The van der Waals surface area contributed by atoms with Gasteiger partial charge in [-0.2, -0.15) is 0 Å². The Kier molecular flexibility index (Phi) is 3.84. The van der Waals surface area contributed by atoms with Crippen molar-refractivity contribution in [3.05, 3.63) is 41.2 Å². The van der Waals surface area contributed by atoms with Crippen LogP contribution in [0.2, 0.25) is 0 Å². The molecule has 0 fully saturated rings. The average Bonchev–Trinajstić information content (AvgIpc) is 2.69. The topological polar surface area (TPSA) is 30.7 Å². The van der Waals surface area contributed by atoms with Crippen LogP contribution in [-0.2, 0) is 12.3 Å². The lowest BCUT2D eigenvalue weighted by Crippen LogP contribution is -1.99. The molecule has 0 saturated carbocycles. The zero-order valence-electron chi connectivity index (χ0n) is 10.5. The summed E-state index contributed by atoms with van der Waals surface area (Å²) in [5.74, 6) is 1.93. The first-order valence-corrected chi connectivity index (χ1v) is 6.77. The van der Waals surface area contributed by atoms with Gasteiger partial charge < -0.3 is 4.57 Å². The number of thioether (sulfide) groups is 1. The van der Waals surface area contributed by atoms with Crippen molar-refractivity contribution in [1.82, 2.24) is 14.8 Å². The predicted octanol–water partition coefficient (Wildman–Crippen LogP) is 3.21. The molecule has 3 nitrogen and oxygen atoms in total. The van der Waals surface area contributed by atoms with E-state index in [0.29, 0.717) is 0 Å². The first-order chi connectivity index (χ1) is 8.20. The van der Waals surface area contributed by atoms with E-state index in [4.69, 9.17) is 0 Å². The van der Waals surface area contributed by atoms with Crippen molar-refractivity contribution < 1.29 is 0 Å². The first kappa shape index (κ1) is 12.2. The lowest BCUT2D eigenvalue weighted by Gasteiger charge is -2.05. The molecule has 1 aromatic carbocycles. The second-order valence-electron chi connectivity index (χ2n) is 4.05. The number of hydrogen-bond donors (Lipinski definition) is 0. The second kappa shape index (κ2) is 5.36. The Morgan fingerprint density at radius 1 is 1.12 bits per heavy atom. The molecule has 17 heavy (non-hydrogen) atoms. The van der Waals surface area contributed by atoms with Gasteiger partial charge in [0, 0.05) is 12.3 Å². The number of rotatable bonds is 4. The fourth-order valence-electron chi connectivity index (χ4n) is 1.66. The third kappa shape index (κ3) is 2.88. The molecule has 0 bridgehead atoms. The summed E-state index contributed by atoms with van der Waals surface area (Å²) in [7, 11) is 0. The Bertz CT molecular complexity index is 488. The smallest absolute Gasteiger partial charge is 0.191 e. The molecule has 2 rings (SSSR count). The predicted molar refractivity (Wildman–Crippen MR) is 71.2 cm³/mol. The summed E-state index contributed by atoms with van der Waals surface area (Å²) >= 11 is 1.74. The van der Waals surface area contributed by atoms with Crippen LogP contribution in [0.1, 0.15) is 23.9 Å². The quantitative estimate of drug-likeness (QED) is 0.777. The Labute approximate surface area is 106 Å². The summed E-state index contributed by atoms with van der Waals surface area (Å²) in [6.07, 6.45) is 0. The summed E-state index contributed by atoms with van der Waals surface area (Å²) in [5.41, 5.74) is 2.62. The minimum atomic E-state index is 0.926. The van der Waals surface area contributed by atoms with E-state index in [2.05, 4.69) is 52.9 Å². The molecule has 90 valence electrons. The van der Waals surface area contributed by atoms with Crippen LogP contribution in [0.25, 0.3) is 0 Å². The van der Waals surface area contributed by atoms with Crippen molar-refractivity contribution in [3.63, 3.8) is 0 Å². The van der Waals surface area contributed by atoms with E-state index in [9.17, 15) is 0 Å². The second-order valence-corrected chi connectivity index (χ2v) is 4.99. The van der Waals surface area contributed by atoms with Gasteiger partial charge in [-0.3, -0.25) is 0 Å². The van der Waals surface area contributed by atoms with Crippen LogP contribution >= 0.6 is 11.8 Å². The van der Waals surface area contributed by atoms with Gasteiger partial charge in [-0.15, -0.1) is 10.2 Å². The molecule has 0 saturated heterocycles. The fraction of sp³-hybridized carbons (Fsp3) is 0.385. The van der Waals surface area contributed by atoms with Gasteiger partial charge in [0.2, 0.25) is 0 Å². The van der Waals surface area contributed by atoms with Gasteiger partial charge in [0.05, 0.1) is 0 Å². The van der Waals surface area contributed by atoms with Crippen LogP contribution in [0.15, 0.2) is 29.4 Å². The SMILES string of the molecule is CCn1c(C)nnc1SCc1ccc(C)cc1. The Balaban J connectivity index is 2.04. The maximum atomic E-state index is 4.20. The van der Waals surface area contributed by atoms with Crippen molar-refractivity contribution in [1.29, 1.82) is 0 Å². The van der Waals surface area contributed by atoms with Crippen LogP contribution in [0.3, 0.4) is 0 Å². The molecule has 0 amide bonds. The van der Waals surface area contributed by atoms with Crippen molar-refractivity contribution in [2.45, 2.75) is 38.2 Å². The molecule has 0 unspecified atom stereocenters. The lowest BCUT2D eigenvalue weighted by molar-refractivity contribution is 0.662. The summed E-state index contributed by atoms with van der Waals surface area (Å²) in [6, 6.07) is 8.63. The van der Waals surface area contributed by atoms with Crippen LogP contribution < -0.4 is 0 Å². The van der Waals surface area contributed by atoms with E-state index in [-0.39, 0.29) is 0 Å². The van der Waals surface area contributed by atoms with E-state index in [0.717, 1.165) is 23.3 Å². The van der Waals surface area contributed by atoms with Gasteiger partial charge >= 0.3 is 0 Å².